The Labute approximate surface area is 45.0 Å². The molecule has 0 bridgehead atoms. The maximum Gasteiger partial charge on any atom is 0.187 e. The SMILES string of the molecule is C[C@@H](O)[N+](C)(C)C. The van der Waals surface area contributed by atoms with Crippen molar-refractivity contribution in [1.82, 2.24) is 0 Å². The number of quaternary nitrogens is 1. The molecule has 0 aliphatic heterocycles. The van der Waals surface area contributed by atoms with Crippen LogP contribution in [0.1, 0.15) is 6.92 Å². The molecule has 0 heterocycles. The fraction of sp³-hybridized carbons (Fsp3) is 1.00. The van der Waals surface area contributed by atoms with Gasteiger partial charge in [-0.3, -0.25) is 0 Å². The zero-order chi connectivity index (χ0) is 6.08. The van der Waals surface area contributed by atoms with Crippen molar-refractivity contribution in [3.63, 3.8) is 0 Å². The molecule has 0 fully saturated rings. The maximum absolute atomic E-state index is 8.86. The lowest BCUT2D eigenvalue weighted by Gasteiger charge is -2.26. The number of aliphatic hydroxyl groups is 1. The van der Waals surface area contributed by atoms with E-state index in [0.717, 1.165) is 0 Å². The van der Waals surface area contributed by atoms with Crippen molar-refractivity contribution in [3.05, 3.63) is 0 Å². The molecule has 0 rings (SSSR count). The van der Waals surface area contributed by atoms with Gasteiger partial charge in [0.25, 0.3) is 0 Å². The highest BCUT2D eigenvalue weighted by Gasteiger charge is 2.12. The lowest BCUT2D eigenvalue weighted by Crippen LogP contribution is -2.42. The Bertz CT molecular complexity index is 53.6. The lowest BCUT2D eigenvalue weighted by atomic mass is 10.5. The fourth-order valence-corrected chi connectivity index (χ4v) is 0. The molecule has 2 nitrogen and oxygen atoms in total. The van der Waals surface area contributed by atoms with Crippen molar-refractivity contribution in [3.8, 4) is 0 Å². The third-order valence-electron chi connectivity index (χ3n) is 1.12. The van der Waals surface area contributed by atoms with Crippen LogP contribution in [-0.4, -0.2) is 37.0 Å². The predicted molar refractivity (Wildman–Crippen MR) is 29.7 cm³/mol. The molecule has 0 saturated carbocycles. The van der Waals surface area contributed by atoms with Gasteiger partial charge in [-0.15, -0.1) is 0 Å². The van der Waals surface area contributed by atoms with Crippen LogP contribution in [0.5, 0.6) is 0 Å². The molecule has 0 unspecified atom stereocenters. The summed E-state index contributed by atoms with van der Waals surface area (Å²) in [6.45, 7) is 1.78. The molecule has 0 aliphatic carbocycles. The van der Waals surface area contributed by atoms with E-state index in [1.807, 2.05) is 21.1 Å². The van der Waals surface area contributed by atoms with Crippen molar-refractivity contribution < 1.29 is 9.59 Å². The summed E-state index contributed by atoms with van der Waals surface area (Å²) < 4.78 is 0.611. The molecule has 44 valence electrons. The molecule has 0 amide bonds. The maximum atomic E-state index is 8.86. The van der Waals surface area contributed by atoms with Gasteiger partial charge in [-0.05, 0) is 0 Å². The van der Waals surface area contributed by atoms with E-state index in [4.69, 9.17) is 5.11 Å². The summed E-state index contributed by atoms with van der Waals surface area (Å²) in [6, 6.07) is 0. The van der Waals surface area contributed by atoms with Gasteiger partial charge in [-0.25, -0.2) is 0 Å². The minimum Gasteiger partial charge on any atom is -0.345 e. The molecule has 0 aromatic carbocycles. The summed E-state index contributed by atoms with van der Waals surface area (Å²) in [4.78, 5) is 0. The Morgan fingerprint density at radius 3 is 1.43 bits per heavy atom. The third kappa shape index (κ3) is 2.60. The molecular weight excluding hydrogens is 90.1 g/mol. The van der Waals surface area contributed by atoms with Gasteiger partial charge in [0.05, 0.1) is 21.1 Å². The predicted octanol–water partition coefficient (Wildman–Crippen LogP) is 0.0309. The van der Waals surface area contributed by atoms with Gasteiger partial charge in [0, 0.05) is 6.92 Å². The number of rotatable bonds is 1. The van der Waals surface area contributed by atoms with Crippen LogP contribution < -0.4 is 0 Å². The number of hydrogen-bond donors (Lipinski definition) is 1. The summed E-state index contributed by atoms with van der Waals surface area (Å²) in [5, 5.41) is 8.86. The number of hydrogen-bond acceptors (Lipinski definition) is 1. The van der Waals surface area contributed by atoms with Crippen molar-refractivity contribution in [1.29, 1.82) is 0 Å². The first-order valence-corrected chi connectivity index (χ1v) is 2.44. The van der Waals surface area contributed by atoms with E-state index >= 15 is 0 Å². The largest absolute Gasteiger partial charge is 0.345 e. The Kier molecular flexibility index (Phi) is 1.78. The molecule has 0 aromatic heterocycles. The first-order chi connectivity index (χ1) is 2.94. The van der Waals surface area contributed by atoms with Gasteiger partial charge in [0.1, 0.15) is 0 Å². The zero-order valence-electron chi connectivity index (χ0n) is 5.47. The van der Waals surface area contributed by atoms with Crippen molar-refractivity contribution >= 4 is 0 Å². The third-order valence-corrected chi connectivity index (χ3v) is 1.12. The van der Waals surface area contributed by atoms with Gasteiger partial charge in [0.2, 0.25) is 0 Å². The van der Waals surface area contributed by atoms with Crippen LogP contribution in [0.3, 0.4) is 0 Å². The molecule has 7 heavy (non-hydrogen) atoms. The van der Waals surface area contributed by atoms with Crippen molar-refractivity contribution in [2.24, 2.45) is 0 Å². The second-order valence-electron chi connectivity index (χ2n) is 2.75. The molecule has 0 aliphatic rings. The molecule has 0 radical (unpaired) electrons. The Morgan fingerprint density at radius 1 is 1.29 bits per heavy atom. The first kappa shape index (κ1) is 6.92. The van der Waals surface area contributed by atoms with Gasteiger partial charge in [0.15, 0.2) is 6.23 Å². The van der Waals surface area contributed by atoms with Crippen molar-refractivity contribution in [2.45, 2.75) is 13.2 Å². The quantitative estimate of drug-likeness (QED) is 0.367. The summed E-state index contributed by atoms with van der Waals surface area (Å²) in [5.74, 6) is 0. The van der Waals surface area contributed by atoms with Gasteiger partial charge >= 0.3 is 0 Å². The Hall–Kier alpha value is -0.0800. The van der Waals surface area contributed by atoms with Crippen LogP contribution in [0.15, 0.2) is 0 Å². The Morgan fingerprint density at radius 2 is 1.43 bits per heavy atom. The van der Waals surface area contributed by atoms with Crippen LogP contribution >= 0.6 is 0 Å². The summed E-state index contributed by atoms with van der Waals surface area (Å²) in [5.41, 5.74) is 0. The lowest BCUT2D eigenvalue weighted by molar-refractivity contribution is -0.916. The standard InChI is InChI=1S/C5H14NO/c1-5(7)6(2,3)4/h5,7H,1-4H3/q+1/t5-/m1/s1. The molecule has 1 N–H and O–H groups in total. The normalized spacial score (nSPS) is 16.7. The minimum absolute atomic E-state index is 0.264. The first-order valence-electron chi connectivity index (χ1n) is 2.44. The van der Waals surface area contributed by atoms with Gasteiger partial charge < -0.3 is 9.59 Å². The van der Waals surface area contributed by atoms with Crippen LogP contribution in [-0.2, 0) is 0 Å². The van der Waals surface area contributed by atoms with E-state index in [2.05, 4.69) is 0 Å². The summed E-state index contributed by atoms with van der Waals surface area (Å²) >= 11 is 0. The molecule has 1 atom stereocenters. The van der Waals surface area contributed by atoms with Crippen LogP contribution in [0.25, 0.3) is 0 Å². The van der Waals surface area contributed by atoms with Gasteiger partial charge in [-0.1, -0.05) is 0 Å². The van der Waals surface area contributed by atoms with Gasteiger partial charge in [-0.2, -0.15) is 0 Å². The average molecular weight is 104 g/mol. The van der Waals surface area contributed by atoms with E-state index in [1.54, 1.807) is 6.92 Å². The topological polar surface area (TPSA) is 20.2 Å². The smallest absolute Gasteiger partial charge is 0.187 e. The number of aliphatic hydroxyl groups excluding tert-OH is 1. The molecule has 0 spiro atoms. The van der Waals surface area contributed by atoms with Crippen LogP contribution in [0, 0.1) is 0 Å². The minimum atomic E-state index is -0.264. The summed E-state index contributed by atoms with van der Waals surface area (Å²) in [6.07, 6.45) is -0.264. The highest BCUT2D eigenvalue weighted by Crippen LogP contribution is 1.94. The van der Waals surface area contributed by atoms with Crippen molar-refractivity contribution in [2.75, 3.05) is 21.1 Å². The average Bonchev–Trinajstić information content (AvgIpc) is 1.31. The second kappa shape index (κ2) is 1.80. The van der Waals surface area contributed by atoms with E-state index in [1.165, 1.54) is 0 Å². The zero-order valence-corrected chi connectivity index (χ0v) is 5.47. The molecular formula is C5H14NO+. The monoisotopic (exact) mass is 104 g/mol. The Balaban J connectivity index is 3.54. The highest BCUT2D eigenvalue weighted by molar-refractivity contribution is 4.18. The van der Waals surface area contributed by atoms with Crippen LogP contribution in [0.2, 0.25) is 0 Å². The van der Waals surface area contributed by atoms with E-state index in [-0.39, 0.29) is 6.23 Å². The van der Waals surface area contributed by atoms with E-state index < -0.39 is 0 Å². The number of nitrogens with zero attached hydrogens (tertiary/aromatic N) is 1. The highest BCUT2D eigenvalue weighted by atomic mass is 16.3. The second-order valence-corrected chi connectivity index (χ2v) is 2.75. The fourth-order valence-electron chi connectivity index (χ4n) is 0. The van der Waals surface area contributed by atoms with E-state index in [0.29, 0.717) is 4.48 Å². The molecule has 2 heteroatoms. The molecule has 0 aromatic rings. The molecule has 0 saturated heterocycles. The van der Waals surface area contributed by atoms with E-state index in [9.17, 15) is 0 Å². The van der Waals surface area contributed by atoms with Crippen LogP contribution in [0.4, 0.5) is 0 Å². The summed E-state index contributed by atoms with van der Waals surface area (Å²) in [7, 11) is 5.85.